The van der Waals surface area contributed by atoms with Gasteiger partial charge in [0.05, 0.1) is 26.4 Å². The first-order valence-corrected chi connectivity index (χ1v) is 48.7. The van der Waals surface area contributed by atoms with Crippen LogP contribution in [0.25, 0.3) is 0 Å². The molecule has 0 bridgehead atoms. The molecule has 0 spiro atoms. The Hall–Kier alpha value is -1.94. The average Bonchev–Trinajstić information content (AvgIpc) is 0.899. The summed E-state index contributed by atoms with van der Waals surface area (Å²) in [5, 5.41) is 10.7. The Morgan fingerprint density at radius 2 is 0.444 bits per heavy atom. The maximum absolute atomic E-state index is 13.2. The minimum Gasteiger partial charge on any atom is -0.462 e. The number of ether oxygens (including phenoxy) is 4. The first kappa shape index (κ1) is 106. The summed E-state index contributed by atoms with van der Waals surface area (Å²) < 4.78 is 69.0. The summed E-state index contributed by atoms with van der Waals surface area (Å²) >= 11 is 0. The summed E-state index contributed by atoms with van der Waals surface area (Å²) in [6, 6.07) is 0. The summed E-state index contributed by atoms with van der Waals surface area (Å²) in [4.78, 5) is 73.4. The van der Waals surface area contributed by atoms with Crippen molar-refractivity contribution in [2.45, 2.75) is 485 Å². The molecule has 0 saturated carbocycles. The number of phosphoric ester groups is 2. The van der Waals surface area contributed by atoms with Gasteiger partial charge in [-0.15, -0.1) is 0 Å². The second-order valence-corrected chi connectivity index (χ2v) is 36.6. The highest BCUT2D eigenvalue weighted by Crippen LogP contribution is 2.45. The third-order valence-electron chi connectivity index (χ3n) is 21.2. The Bertz CT molecular complexity index is 2100. The van der Waals surface area contributed by atoms with Gasteiger partial charge in [-0.3, -0.25) is 37.3 Å². The minimum atomic E-state index is -4.97. The molecule has 0 aliphatic rings. The highest BCUT2D eigenvalue weighted by atomic mass is 31.2. The summed E-state index contributed by atoms with van der Waals surface area (Å²) in [5.41, 5.74) is 0. The normalized spacial score (nSPS) is 14.1. The summed E-state index contributed by atoms with van der Waals surface area (Å²) in [5.74, 6) is 1.09. The van der Waals surface area contributed by atoms with Gasteiger partial charge >= 0.3 is 39.5 Å². The van der Waals surface area contributed by atoms with Gasteiger partial charge in [0.25, 0.3) is 0 Å². The number of rotatable bonds is 86. The van der Waals surface area contributed by atoms with E-state index in [1.54, 1.807) is 0 Å². The van der Waals surface area contributed by atoms with Gasteiger partial charge in [0.1, 0.15) is 19.3 Å². The Morgan fingerprint density at radius 1 is 0.259 bits per heavy atom. The zero-order valence-corrected chi connectivity index (χ0v) is 73.3. The van der Waals surface area contributed by atoms with Crippen LogP contribution in [0.5, 0.6) is 0 Å². The van der Waals surface area contributed by atoms with Crippen LogP contribution >= 0.6 is 15.6 Å². The van der Waals surface area contributed by atoms with E-state index in [-0.39, 0.29) is 25.7 Å². The molecule has 0 radical (unpaired) electrons. The maximum atomic E-state index is 13.2. The van der Waals surface area contributed by atoms with E-state index < -0.39 is 97.5 Å². The van der Waals surface area contributed by atoms with E-state index in [1.807, 2.05) is 0 Å². The predicted molar refractivity (Wildman–Crippen MR) is 446 cm³/mol. The number of carbonyl (C=O) groups is 4. The molecule has 0 aromatic rings. The lowest BCUT2D eigenvalue weighted by Crippen LogP contribution is -2.30. The molecule has 0 aromatic carbocycles. The number of carbonyl (C=O) groups excluding carboxylic acids is 4. The van der Waals surface area contributed by atoms with Crippen molar-refractivity contribution in [3.8, 4) is 0 Å². The van der Waals surface area contributed by atoms with E-state index >= 15 is 0 Å². The number of hydrogen-bond donors (Lipinski definition) is 3. The van der Waals surface area contributed by atoms with Crippen molar-refractivity contribution in [3.05, 3.63) is 0 Å². The zero-order chi connectivity index (χ0) is 79.5. The maximum Gasteiger partial charge on any atom is 0.472 e. The summed E-state index contributed by atoms with van der Waals surface area (Å²) in [7, 11) is -9.94. The molecule has 19 heteroatoms. The number of aliphatic hydroxyl groups excluding tert-OH is 1. The smallest absolute Gasteiger partial charge is 0.462 e. The second kappa shape index (κ2) is 77.6. The van der Waals surface area contributed by atoms with Crippen LogP contribution in [0, 0.1) is 23.7 Å². The van der Waals surface area contributed by atoms with Gasteiger partial charge in [0.2, 0.25) is 0 Å². The Labute approximate surface area is 664 Å². The number of esters is 4. The molecule has 6 atom stereocenters. The fourth-order valence-electron chi connectivity index (χ4n) is 13.8. The van der Waals surface area contributed by atoms with E-state index in [2.05, 4.69) is 55.4 Å². The van der Waals surface area contributed by atoms with Crippen molar-refractivity contribution in [2.75, 3.05) is 39.6 Å². The van der Waals surface area contributed by atoms with Crippen molar-refractivity contribution in [1.29, 1.82) is 0 Å². The van der Waals surface area contributed by atoms with Gasteiger partial charge in [-0.2, -0.15) is 0 Å². The predicted octanol–water partition coefficient (Wildman–Crippen LogP) is 27.1. The zero-order valence-electron chi connectivity index (χ0n) is 71.5. The molecular weight excluding hydrogens is 1400 g/mol. The number of hydrogen-bond acceptors (Lipinski definition) is 15. The summed E-state index contributed by atoms with van der Waals surface area (Å²) in [6.45, 7) is 14.4. The number of unbranched alkanes of at least 4 members (excludes halogenated alkanes) is 51. The minimum absolute atomic E-state index is 0.107. The van der Waals surface area contributed by atoms with Gasteiger partial charge in [0.15, 0.2) is 12.2 Å². The monoisotopic (exact) mass is 1580 g/mol. The van der Waals surface area contributed by atoms with Crippen LogP contribution in [-0.4, -0.2) is 96.7 Å². The fourth-order valence-corrected chi connectivity index (χ4v) is 15.4. The lowest BCUT2D eigenvalue weighted by molar-refractivity contribution is -0.161. The van der Waals surface area contributed by atoms with Crippen LogP contribution in [0.4, 0.5) is 0 Å². The molecule has 17 nitrogen and oxygen atoms in total. The lowest BCUT2D eigenvalue weighted by atomic mass is 9.99. The van der Waals surface area contributed by atoms with Crippen LogP contribution in [0.3, 0.4) is 0 Å². The van der Waals surface area contributed by atoms with E-state index in [4.69, 9.17) is 37.0 Å². The van der Waals surface area contributed by atoms with E-state index in [9.17, 15) is 43.2 Å². The van der Waals surface area contributed by atoms with Crippen molar-refractivity contribution in [3.63, 3.8) is 0 Å². The SMILES string of the molecule is CCC(C)CCCCCCCCCCC(=O)OC[C@H](COP(=O)(O)OC[C@H](O)COP(=O)(O)OC[C@@H](COC(=O)CCCCCCCCCCCCCCCCCCC(C)C)OC(=O)CCCCCCCCCCCCCCCCCCCCC(C)C)OC(=O)CCCCCCCCCCCCCCCC(C)C. The number of phosphoric acid groups is 2. The van der Waals surface area contributed by atoms with Gasteiger partial charge in [0, 0.05) is 25.7 Å². The molecule has 0 aromatic heterocycles. The molecular formula is C89H174O17P2. The van der Waals surface area contributed by atoms with E-state index in [0.717, 1.165) is 114 Å². The van der Waals surface area contributed by atoms with Gasteiger partial charge < -0.3 is 33.8 Å². The summed E-state index contributed by atoms with van der Waals surface area (Å²) in [6.07, 6.45) is 68.0. The van der Waals surface area contributed by atoms with Crippen molar-refractivity contribution in [1.82, 2.24) is 0 Å². The third kappa shape index (κ3) is 80.7. The lowest BCUT2D eigenvalue weighted by Gasteiger charge is -2.21. The van der Waals surface area contributed by atoms with Crippen LogP contribution in [-0.2, 0) is 65.4 Å². The van der Waals surface area contributed by atoms with Crippen LogP contribution in [0.2, 0.25) is 0 Å². The highest BCUT2D eigenvalue weighted by Gasteiger charge is 2.31. The molecule has 0 fully saturated rings. The van der Waals surface area contributed by atoms with E-state index in [1.165, 1.54) is 270 Å². The Balaban J connectivity index is 5.26. The average molecular weight is 1580 g/mol. The topological polar surface area (TPSA) is 237 Å². The number of aliphatic hydroxyl groups is 1. The van der Waals surface area contributed by atoms with Crippen molar-refractivity contribution < 1.29 is 80.2 Å². The molecule has 0 amide bonds. The first-order chi connectivity index (χ1) is 52.1. The third-order valence-corrected chi connectivity index (χ3v) is 23.1. The van der Waals surface area contributed by atoms with E-state index in [0.29, 0.717) is 25.7 Å². The van der Waals surface area contributed by atoms with Crippen LogP contribution in [0.1, 0.15) is 466 Å². The molecule has 3 unspecified atom stereocenters. The molecule has 0 rings (SSSR count). The molecule has 0 heterocycles. The standard InChI is InChI=1S/C89H174O17P2/c1-9-82(8)68-60-52-44-39-40-46-54-62-70-87(92)100-76-85(106-89(94)72-64-56-48-38-32-26-20-23-29-35-43-51-59-67-81(6)7)78-104-108(97,98)102-74-83(90)73-101-107(95,96)103-77-84(75-99-86(91)69-61-53-45-36-30-24-18-15-14-17-22-28-34-42-50-58-66-80(4)5)105-88(93)71-63-55-47-37-31-25-19-13-11-10-12-16-21-27-33-41-49-57-65-79(2)3/h79-85,90H,9-78H2,1-8H3,(H,95,96)(H,97,98)/t82?,83-,84-,85-/m1/s1. The van der Waals surface area contributed by atoms with Crippen molar-refractivity contribution in [2.24, 2.45) is 23.7 Å². The molecule has 3 N–H and O–H groups in total. The molecule has 0 saturated heterocycles. The Kier molecular flexibility index (Phi) is 76.2. The van der Waals surface area contributed by atoms with Crippen LogP contribution < -0.4 is 0 Å². The molecule has 0 aliphatic carbocycles. The van der Waals surface area contributed by atoms with Gasteiger partial charge in [-0.05, 0) is 49.4 Å². The van der Waals surface area contributed by atoms with Gasteiger partial charge in [-0.25, -0.2) is 9.13 Å². The van der Waals surface area contributed by atoms with Crippen LogP contribution in [0.15, 0.2) is 0 Å². The fraction of sp³-hybridized carbons (Fsp3) is 0.955. The van der Waals surface area contributed by atoms with Gasteiger partial charge in [-0.1, -0.05) is 415 Å². The second-order valence-electron chi connectivity index (χ2n) is 33.7. The molecule has 642 valence electrons. The first-order valence-electron chi connectivity index (χ1n) is 45.7. The largest absolute Gasteiger partial charge is 0.472 e. The quantitative estimate of drug-likeness (QED) is 0.0222. The highest BCUT2D eigenvalue weighted by molar-refractivity contribution is 7.47. The molecule has 0 aliphatic heterocycles. The molecule has 108 heavy (non-hydrogen) atoms. The van der Waals surface area contributed by atoms with Crippen molar-refractivity contribution >= 4 is 39.5 Å². The Morgan fingerprint density at radius 3 is 0.657 bits per heavy atom.